The van der Waals surface area contributed by atoms with Gasteiger partial charge in [0.05, 0.1) is 0 Å². The largest absolute Gasteiger partial charge is 0.153 e. The molecule has 3 heteroatoms. The highest BCUT2D eigenvalue weighted by Crippen LogP contribution is 2.19. The van der Waals surface area contributed by atoms with Gasteiger partial charge in [-0.2, -0.15) is 3.89 Å². The number of rotatable bonds is 2. The quantitative estimate of drug-likeness (QED) is 0.502. The molecule has 0 aromatic carbocycles. The Balaban J connectivity index is 2.19. The first-order chi connectivity index (χ1) is 2.41. The summed E-state index contributed by atoms with van der Waals surface area (Å²) in [4.78, 5) is 0. The van der Waals surface area contributed by atoms with Crippen LogP contribution in [0.1, 0.15) is 6.92 Å². The van der Waals surface area contributed by atoms with Crippen molar-refractivity contribution in [2.24, 2.45) is 0 Å². The van der Waals surface area contributed by atoms with Gasteiger partial charge in [-0.3, -0.25) is 0 Å². The zero-order chi connectivity index (χ0) is 4.12. The fourth-order valence-electron chi connectivity index (χ4n) is 0.0445. The molecule has 0 aromatic rings. The molecule has 0 rings (SSSR count). The van der Waals surface area contributed by atoms with Gasteiger partial charge >= 0.3 is 0 Å². The van der Waals surface area contributed by atoms with E-state index in [4.69, 9.17) is 0 Å². The minimum absolute atomic E-state index is 0.318. The van der Waals surface area contributed by atoms with E-state index in [0.717, 1.165) is 5.75 Å². The highest BCUT2D eigenvalue weighted by Gasteiger charge is 1.73. The van der Waals surface area contributed by atoms with E-state index in [1.165, 1.54) is 10.8 Å². The first-order valence-electron chi connectivity index (χ1n) is 1.32. The second-order valence-electron chi connectivity index (χ2n) is 0.470. The second kappa shape index (κ2) is 4.63. The molecule has 0 atom stereocenters. The van der Waals surface area contributed by atoms with Gasteiger partial charge in [0.1, 0.15) is 11.2 Å². The lowest BCUT2D eigenvalue weighted by molar-refractivity contribution is 0.953. The highest BCUT2D eigenvalue weighted by molar-refractivity contribution is 8.74. The SMILES string of the molecule is CCSSF. The number of hydrogen-bond donors (Lipinski definition) is 0. The summed E-state index contributed by atoms with van der Waals surface area (Å²) in [5, 5.41) is 0. The molecular formula is C2H5FS2. The molecule has 0 aliphatic heterocycles. The summed E-state index contributed by atoms with van der Waals surface area (Å²) in [6, 6.07) is 0. The monoisotopic (exact) mass is 112 g/mol. The molecule has 0 aromatic heterocycles. The molecule has 0 amide bonds. The zero-order valence-corrected chi connectivity index (χ0v) is 4.53. The summed E-state index contributed by atoms with van der Waals surface area (Å²) in [5.74, 6) is 0.848. The van der Waals surface area contributed by atoms with Crippen molar-refractivity contribution in [3.8, 4) is 0 Å². The van der Waals surface area contributed by atoms with Gasteiger partial charge in [-0.05, 0) is 0 Å². The molecule has 32 valence electrons. The lowest BCUT2D eigenvalue weighted by Crippen LogP contribution is -1.48. The van der Waals surface area contributed by atoms with Gasteiger partial charge in [-0.1, -0.05) is 17.7 Å². The molecule has 0 heterocycles. The third-order valence-electron chi connectivity index (χ3n) is 0.162. The molecule has 0 saturated carbocycles. The molecule has 0 bridgehead atoms. The third kappa shape index (κ3) is 4.63. The van der Waals surface area contributed by atoms with Crippen LogP contribution in [-0.2, 0) is 0 Å². The average Bonchev–Trinajstić information content (AvgIpc) is 1.41. The molecule has 0 radical (unpaired) electrons. The molecule has 5 heavy (non-hydrogen) atoms. The maximum atomic E-state index is 10.9. The molecular weight excluding hydrogens is 107 g/mol. The van der Waals surface area contributed by atoms with Gasteiger partial charge in [0.15, 0.2) is 0 Å². The Hall–Kier alpha value is 0.630. The number of halogens is 1. The Morgan fingerprint density at radius 3 is 2.40 bits per heavy atom. The molecule has 0 saturated heterocycles. The minimum atomic E-state index is 0.318. The minimum Gasteiger partial charge on any atom is -0.153 e. The zero-order valence-electron chi connectivity index (χ0n) is 2.90. The maximum Gasteiger partial charge on any atom is 0.115 e. The first-order valence-corrected chi connectivity index (χ1v) is 3.54. The van der Waals surface area contributed by atoms with Crippen molar-refractivity contribution < 1.29 is 3.89 Å². The van der Waals surface area contributed by atoms with Gasteiger partial charge in [0.2, 0.25) is 0 Å². The normalized spacial score (nSPS) is 8.40. The van der Waals surface area contributed by atoms with Crippen LogP contribution in [0.4, 0.5) is 3.89 Å². The predicted molar refractivity (Wildman–Crippen MR) is 26.8 cm³/mol. The van der Waals surface area contributed by atoms with Crippen LogP contribution >= 0.6 is 22.0 Å². The second-order valence-corrected chi connectivity index (χ2v) is 2.49. The van der Waals surface area contributed by atoms with Crippen molar-refractivity contribution >= 4 is 22.0 Å². The Bertz CT molecular complexity index is 15.1. The van der Waals surface area contributed by atoms with Crippen molar-refractivity contribution in [1.82, 2.24) is 0 Å². The summed E-state index contributed by atoms with van der Waals surface area (Å²) in [6.07, 6.45) is 0. The Kier molecular flexibility index (Phi) is 5.21. The van der Waals surface area contributed by atoms with Gasteiger partial charge in [-0.25, -0.2) is 0 Å². The highest BCUT2D eigenvalue weighted by atomic mass is 33.1. The van der Waals surface area contributed by atoms with Crippen molar-refractivity contribution in [2.45, 2.75) is 6.92 Å². The first kappa shape index (κ1) is 5.63. The van der Waals surface area contributed by atoms with E-state index < -0.39 is 0 Å². The molecule has 0 N–H and O–H groups in total. The lowest BCUT2D eigenvalue weighted by atomic mass is 11.0. The summed E-state index contributed by atoms with van der Waals surface area (Å²) in [7, 11) is 1.21. The van der Waals surface area contributed by atoms with Crippen LogP contribution in [0.5, 0.6) is 0 Å². The van der Waals surface area contributed by atoms with Crippen molar-refractivity contribution in [3.63, 3.8) is 0 Å². The molecule has 0 fully saturated rings. The van der Waals surface area contributed by atoms with Crippen molar-refractivity contribution in [1.29, 1.82) is 0 Å². The van der Waals surface area contributed by atoms with E-state index in [1.807, 2.05) is 6.92 Å². The van der Waals surface area contributed by atoms with E-state index in [9.17, 15) is 3.89 Å². The fourth-order valence-corrected chi connectivity index (χ4v) is 0.401. The summed E-state index contributed by atoms with van der Waals surface area (Å²) in [6.45, 7) is 1.91. The van der Waals surface area contributed by atoms with E-state index in [1.54, 1.807) is 0 Å². The van der Waals surface area contributed by atoms with Crippen LogP contribution < -0.4 is 0 Å². The van der Waals surface area contributed by atoms with Crippen LogP contribution in [0, 0.1) is 0 Å². The molecule has 0 aliphatic carbocycles. The molecule has 0 spiro atoms. The van der Waals surface area contributed by atoms with Gasteiger partial charge in [-0.15, -0.1) is 0 Å². The third-order valence-corrected chi connectivity index (χ3v) is 1.46. The van der Waals surface area contributed by atoms with E-state index in [2.05, 4.69) is 0 Å². The van der Waals surface area contributed by atoms with E-state index in [-0.39, 0.29) is 0 Å². The Morgan fingerprint density at radius 1 is 1.80 bits per heavy atom. The van der Waals surface area contributed by atoms with Gasteiger partial charge in [0.25, 0.3) is 0 Å². The van der Waals surface area contributed by atoms with E-state index >= 15 is 0 Å². The molecule has 0 nitrogen and oxygen atoms in total. The average molecular weight is 112 g/mol. The van der Waals surface area contributed by atoms with Crippen molar-refractivity contribution in [2.75, 3.05) is 5.75 Å². The molecule has 0 aliphatic rings. The topological polar surface area (TPSA) is 0 Å². The van der Waals surface area contributed by atoms with Crippen LogP contribution in [0.3, 0.4) is 0 Å². The van der Waals surface area contributed by atoms with Crippen LogP contribution in [-0.4, -0.2) is 5.75 Å². The van der Waals surface area contributed by atoms with E-state index in [0.29, 0.717) is 11.2 Å². The van der Waals surface area contributed by atoms with Crippen molar-refractivity contribution in [3.05, 3.63) is 0 Å². The van der Waals surface area contributed by atoms with Crippen LogP contribution in [0.15, 0.2) is 0 Å². The number of hydrogen-bond acceptors (Lipinski definition) is 2. The molecule has 0 unspecified atom stereocenters. The van der Waals surface area contributed by atoms with Crippen LogP contribution in [0.2, 0.25) is 0 Å². The summed E-state index contributed by atoms with van der Waals surface area (Å²) >= 11 is 0.318. The summed E-state index contributed by atoms with van der Waals surface area (Å²) in [5.41, 5.74) is 0. The maximum absolute atomic E-state index is 10.9. The predicted octanol–water partition coefficient (Wildman–Crippen LogP) is 2.27. The van der Waals surface area contributed by atoms with Gasteiger partial charge < -0.3 is 0 Å². The fraction of sp³-hybridized carbons (Fsp3) is 1.00. The standard InChI is InChI=1S/C2H5FS2/c1-2-4-5-3/h2H2,1H3. The summed E-state index contributed by atoms with van der Waals surface area (Å²) < 4.78 is 10.9. The Labute approximate surface area is 39.2 Å². The lowest BCUT2D eigenvalue weighted by Gasteiger charge is -1.74. The smallest absolute Gasteiger partial charge is 0.115 e. The Morgan fingerprint density at radius 2 is 2.40 bits per heavy atom. The van der Waals surface area contributed by atoms with Crippen LogP contribution in [0.25, 0.3) is 0 Å². The van der Waals surface area contributed by atoms with Gasteiger partial charge in [0, 0.05) is 5.75 Å².